The third-order valence-corrected chi connectivity index (χ3v) is 7.32. The predicted molar refractivity (Wildman–Crippen MR) is 147 cm³/mol. The maximum absolute atomic E-state index is 15.0. The second-order valence-corrected chi connectivity index (χ2v) is 9.62. The van der Waals surface area contributed by atoms with Crippen molar-refractivity contribution in [1.29, 1.82) is 0 Å². The van der Waals surface area contributed by atoms with Gasteiger partial charge >= 0.3 is 0 Å². The highest BCUT2D eigenvalue weighted by Crippen LogP contribution is 2.38. The standard InChI is InChI=1S/C33H23F2N2O/c1-20-16-30-25(32-26(35)17-22(34)18-31(32)38-30)19-24(20)33-36(2)28-14-8-9-15-29(28)37(33)27-13-7-6-12-23(27)21-10-4-3-5-11-21/h3-19H,1-2H3/q+1. The van der Waals surface area contributed by atoms with E-state index in [1.54, 1.807) is 0 Å². The smallest absolute Gasteiger partial charge is 0.295 e. The zero-order chi connectivity index (χ0) is 26.0. The van der Waals surface area contributed by atoms with Crippen molar-refractivity contribution >= 4 is 33.0 Å². The fourth-order valence-corrected chi connectivity index (χ4v) is 5.60. The Hall–Kier alpha value is -4.77. The summed E-state index contributed by atoms with van der Waals surface area (Å²) < 4.78 is 39.2. The number of furan rings is 1. The molecule has 0 fully saturated rings. The van der Waals surface area contributed by atoms with Crippen LogP contribution < -0.4 is 4.57 Å². The third-order valence-electron chi connectivity index (χ3n) is 7.32. The summed E-state index contributed by atoms with van der Waals surface area (Å²) in [6, 6.07) is 33.0. The van der Waals surface area contributed by atoms with E-state index in [2.05, 4.69) is 45.5 Å². The Morgan fingerprint density at radius 3 is 2.32 bits per heavy atom. The molecule has 0 N–H and O–H groups in total. The van der Waals surface area contributed by atoms with E-state index in [4.69, 9.17) is 4.42 Å². The normalized spacial score (nSPS) is 11.7. The molecule has 0 saturated heterocycles. The molecule has 0 bridgehead atoms. The molecule has 0 saturated carbocycles. The van der Waals surface area contributed by atoms with E-state index in [0.29, 0.717) is 11.0 Å². The molecule has 5 aromatic carbocycles. The summed E-state index contributed by atoms with van der Waals surface area (Å²) in [6.45, 7) is 2.02. The van der Waals surface area contributed by atoms with Gasteiger partial charge in [0, 0.05) is 23.1 Å². The number of hydrogen-bond acceptors (Lipinski definition) is 1. The number of aromatic nitrogens is 2. The van der Waals surface area contributed by atoms with Crippen molar-refractivity contribution in [1.82, 2.24) is 4.57 Å². The van der Waals surface area contributed by atoms with E-state index in [-0.39, 0.29) is 11.0 Å². The van der Waals surface area contributed by atoms with Gasteiger partial charge in [0.05, 0.1) is 18.0 Å². The quantitative estimate of drug-likeness (QED) is 0.223. The number of halogens is 2. The highest BCUT2D eigenvalue weighted by Gasteiger charge is 2.29. The first-order chi connectivity index (χ1) is 18.5. The molecule has 7 rings (SSSR count). The van der Waals surface area contributed by atoms with Crippen molar-refractivity contribution in [2.24, 2.45) is 7.05 Å². The van der Waals surface area contributed by atoms with Crippen molar-refractivity contribution in [2.75, 3.05) is 0 Å². The number of rotatable bonds is 3. The van der Waals surface area contributed by atoms with Crippen molar-refractivity contribution in [3.63, 3.8) is 0 Å². The van der Waals surface area contributed by atoms with Crippen LogP contribution in [0.25, 0.3) is 61.2 Å². The van der Waals surface area contributed by atoms with Gasteiger partial charge in [0.2, 0.25) is 0 Å². The zero-order valence-electron chi connectivity index (χ0n) is 20.9. The second kappa shape index (κ2) is 8.38. The molecule has 2 heterocycles. The average molecular weight is 502 g/mol. The summed E-state index contributed by atoms with van der Waals surface area (Å²) in [4.78, 5) is 0. The Morgan fingerprint density at radius 1 is 0.737 bits per heavy atom. The maximum Gasteiger partial charge on any atom is 0.295 e. The largest absolute Gasteiger partial charge is 0.456 e. The van der Waals surface area contributed by atoms with E-state index in [1.165, 1.54) is 6.07 Å². The van der Waals surface area contributed by atoms with Gasteiger partial charge in [-0.05, 0) is 48.4 Å². The lowest BCUT2D eigenvalue weighted by molar-refractivity contribution is -0.633. The number of fused-ring (bicyclic) bond motifs is 4. The lowest BCUT2D eigenvalue weighted by Gasteiger charge is -2.11. The van der Waals surface area contributed by atoms with Crippen molar-refractivity contribution in [2.45, 2.75) is 6.92 Å². The molecule has 7 aromatic rings. The summed E-state index contributed by atoms with van der Waals surface area (Å²) in [6.07, 6.45) is 0. The predicted octanol–water partition coefficient (Wildman–Crippen LogP) is 8.28. The van der Waals surface area contributed by atoms with Crippen molar-refractivity contribution in [3.05, 3.63) is 120 Å². The summed E-state index contributed by atoms with van der Waals surface area (Å²) in [7, 11) is 2.05. The Labute approximate surface area is 217 Å². The third kappa shape index (κ3) is 3.28. The topological polar surface area (TPSA) is 21.9 Å². The molecule has 2 aromatic heterocycles. The van der Waals surface area contributed by atoms with Gasteiger partial charge in [0.1, 0.15) is 28.5 Å². The zero-order valence-corrected chi connectivity index (χ0v) is 20.9. The molecule has 0 aliphatic carbocycles. The van der Waals surface area contributed by atoms with E-state index >= 15 is 0 Å². The minimum atomic E-state index is -0.657. The van der Waals surface area contributed by atoms with Gasteiger partial charge < -0.3 is 4.42 Å². The van der Waals surface area contributed by atoms with E-state index < -0.39 is 11.6 Å². The Balaban J connectivity index is 1.59. The van der Waals surface area contributed by atoms with Gasteiger partial charge in [0.15, 0.2) is 11.0 Å². The van der Waals surface area contributed by atoms with Crippen LogP contribution in [0.1, 0.15) is 5.56 Å². The molecule has 0 radical (unpaired) electrons. The first-order valence-corrected chi connectivity index (χ1v) is 12.5. The number of aryl methyl sites for hydroxylation is 2. The van der Waals surface area contributed by atoms with Crippen LogP contribution in [-0.4, -0.2) is 4.57 Å². The van der Waals surface area contributed by atoms with Gasteiger partial charge in [0.25, 0.3) is 5.82 Å². The van der Waals surface area contributed by atoms with Crippen LogP contribution in [0, 0.1) is 18.6 Å². The van der Waals surface area contributed by atoms with Crippen LogP contribution in [0.3, 0.4) is 0 Å². The Bertz CT molecular complexity index is 2020. The number of imidazole rings is 1. The van der Waals surface area contributed by atoms with E-state index in [9.17, 15) is 8.78 Å². The molecule has 0 aliphatic heterocycles. The minimum absolute atomic E-state index is 0.202. The SMILES string of the molecule is Cc1cc2oc3cc(F)cc(F)c3c2cc1-c1n(-c2ccccc2-c2ccccc2)c2ccccc2[n+]1C. The number of para-hydroxylation sites is 3. The van der Waals surface area contributed by atoms with Crippen molar-refractivity contribution < 1.29 is 17.8 Å². The van der Waals surface area contributed by atoms with Gasteiger partial charge in [-0.25, -0.2) is 13.3 Å². The molecule has 184 valence electrons. The molecular formula is C33H23F2N2O+. The van der Waals surface area contributed by atoms with Crippen LogP contribution in [-0.2, 0) is 7.05 Å². The molecule has 0 atom stereocenters. The molecule has 0 unspecified atom stereocenters. The first kappa shape index (κ1) is 22.4. The average Bonchev–Trinajstić information content (AvgIpc) is 3.42. The van der Waals surface area contributed by atoms with Gasteiger partial charge in [-0.15, -0.1) is 0 Å². The lowest BCUT2D eigenvalue weighted by Crippen LogP contribution is -2.30. The summed E-state index contributed by atoms with van der Waals surface area (Å²) >= 11 is 0. The summed E-state index contributed by atoms with van der Waals surface area (Å²) in [5.41, 5.74) is 8.01. The molecule has 0 amide bonds. The van der Waals surface area contributed by atoms with Crippen LogP contribution >= 0.6 is 0 Å². The van der Waals surface area contributed by atoms with E-state index in [0.717, 1.165) is 50.9 Å². The lowest BCUT2D eigenvalue weighted by atomic mass is 10.0. The fourth-order valence-electron chi connectivity index (χ4n) is 5.60. The van der Waals surface area contributed by atoms with Crippen LogP contribution in [0.4, 0.5) is 8.78 Å². The molecule has 5 heteroatoms. The highest BCUT2D eigenvalue weighted by atomic mass is 19.1. The summed E-state index contributed by atoms with van der Waals surface area (Å²) in [5.74, 6) is -0.339. The maximum atomic E-state index is 15.0. The molecular weight excluding hydrogens is 478 g/mol. The Kier molecular flexibility index (Phi) is 4.95. The van der Waals surface area contributed by atoms with Gasteiger partial charge in [-0.1, -0.05) is 60.7 Å². The fraction of sp³-hybridized carbons (Fsp3) is 0.0606. The Morgan fingerprint density at radius 2 is 1.47 bits per heavy atom. The first-order valence-electron chi connectivity index (χ1n) is 12.5. The van der Waals surface area contributed by atoms with Crippen LogP contribution in [0.2, 0.25) is 0 Å². The second-order valence-electron chi connectivity index (χ2n) is 9.62. The molecule has 3 nitrogen and oxygen atoms in total. The van der Waals surface area contributed by atoms with E-state index in [1.807, 2.05) is 68.6 Å². The summed E-state index contributed by atoms with van der Waals surface area (Å²) in [5, 5.41) is 0.906. The highest BCUT2D eigenvalue weighted by molar-refractivity contribution is 6.07. The number of benzene rings is 5. The van der Waals surface area contributed by atoms with Crippen LogP contribution in [0.5, 0.6) is 0 Å². The molecule has 0 aliphatic rings. The van der Waals surface area contributed by atoms with Crippen LogP contribution in [0.15, 0.2) is 108 Å². The number of nitrogens with zero attached hydrogens (tertiary/aromatic N) is 2. The molecule has 0 spiro atoms. The molecule has 38 heavy (non-hydrogen) atoms. The number of hydrogen-bond donors (Lipinski definition) is 0. The minimum Gasteiger partial charge on any atom is -0.456 e. The van der Waals surface area contributed by atoms with Crippen molar-refractivity contribution in [3.8, 4) is 28.2 Å². The van der Waals surface area contributed by atoms with Gasteiger partial charge in [-0.2, -0.15) is 4.57 Å². The van der Waals surface area contributed by atoms with Gasteiger partial charge in [-0.3, -0.25) is 0 Å². The monoisotopic (exact) mass is 501 g/mol.